The fraction of sp³-hybridized carbons (Fsp3) is 0.115. The van der Waals surface area contributed by atoms with Gasteiger partial charge < -0.3 is 14.5 Å². The van der Waals surface area contributed by atoms with Gasteiger partial charge in [-0.15, -0.1) is 0 Å². The van der Waals surface area contributed by atoms with Crippen molar-refractivity contribution < 1.29 is 13.9 Å². The van der Waals surface area contributed by atoms with Crippen LogP contribution in [0, 0.1) is 0 Å². The highest BCUT2D eigenvalue weighted by Crippen LogP contribution is 2.28. The number of nitrogens with one attached hydrogen (secondary N) is 1. The summed E-state index contributed by atoms with van der Waals surface area (Å²) in [5.41, 5.74) is 2.27. The van der Waals surface area contributed by atoms with Crippen LogP contribution in [-0.4, -0.2) is 27.8 Å². The lowest BCUT2D eigenvalue weighted by Crippen LogP contribution is -2.22. The summed E-state index contributed by atoms with van der Waals surface area (Å²) in [7, 11) is 0. The number of amides is 1. The standard InChI is InChI=1S/C26H21N3O4S/c1-2-32-19-14-12-17(13-15-19)27-22(30)16-34-26-28-23-20-10-6-7-11-21(20)33-24(23)25(31)29(26)18-8-4-3-5-9-18/h3-15H,2,16H2,1H3,(H,27,30). The molecular formula is C26H21N3O4S. The van der Waals surface area contributed by atoms with Crippen molar-refractivity contribution in [2.45, 2.75) is 12.1 Å². The van der Waals surface area contributed by atoms with Crippen LogP contribution in [0.25, 0.3) is 27.8 Å². The highest BCUT2D eigenvalue weighted by atomic mass is 32.2. The normalized spacial score (nSPS) is 11.1. The summed E-state index contributed by atoms with van der Waals surface area (Å²) in [4.78, 5) is 30.8. The van der Waals surface area contributed by atoms with Gasteiger partial charge in [-0.2, -0.15) is 0 Å². The third-order valence-electron chi connectivity index (χ3n) is 5.16. The van der Waals surface area contributed by atoms with Crippen LogP contribution in [0.15, 0.2) is 93.2 Å². The fourth-order valence-electron chi connectivity index (χ4n) is 3.65. The molecule has 0 fully saturated rings. The zero-order valence-electron chi connectivity index (χ0n) is 18.4. The number of fused-ring (bicyclic) bond motifs is 3. The topological polar surface area (TPSA) is 86.4 Å². The lowest BCUT2D eigenvalue weighted by molar-refractivity contribution is -0.113. The van der Waals surface area contributed by atoms with Gasteiger partial charge in [0.2, 0.25) is 11.5 Å². The van der Waals surface area contributed by atoms with Crippen LogP contribution in [0.5, 0.6) is 5.75 Å². The van der Waals surface area contributed by atoms with E-state index in [1.165, 1.54) is 16.3 Å². The van der Waals surface area contributed by atoms with Crippen LogP contribution < -0.4 is 15.6 Å². The molecule has 0 saturated heterocycles. The predicted molar refractivity (Wildman–Crippen MR) is 134 cm³/mol. The monoisotopic (exact) mass is 471 g/mol. The minimum atomic E-state index is -0.318. The van der Waals surface area contributed by atoms with Crippen molar-refractivity contribution in [2.24, 2.45) is 0 Å². The Morgan fingerprint density at radius 3 is 2.53 bits per heavy atom. The number of para-hydroxylation sites is 2. The Kier molecular flexibility index (Phi) is 6.05. The number of anilines is 1. The van der Waals surface area contributed by atoms with Gasteiger partial charge in [0, 0.05) is 11.1 Å². The molecule has 0 atom stereocenters. The molecule has 5 aromatic rings. The third kappa shape index (κ3) is 4.27. The number of aromatic nitrogens is 2. The number of nitrogens with zero attached hydrogens (tertiary/aromatic N) is 2. The maximum Gasteiger partial charge on any atom is 0.302 e. The lowest BCUT2D eigenvalue weighted by Gasteiger charge is -2.12. The van der Waals surface area contributed by atoms with Gasteiger partial charge in [-0.05, 0) is 55.5 Å². The molecule has 0 saturated carbocycles. The van der Waals surface area contributed by atoms with Gasteiger partial charge in [0.1, 0.15) is 16.8 Å². The van der Waals surface area contributed by atoms with E-state index >= 15 is 0 Å². The fourth-order valence-corrected chi connectivity index (χ4v) is 4.46. The molecule has 8 heteroatoms. The number of hydrogen-bond acceptors (Lipinski definition) is 6. The molecule has 2 heterocycles. The van der Waals surface area contributed by atoms with E-state index in [4.69, 9.17) is 14.1 Å². The molecule has 170 valence electrons. The van der Waals surface area contributed by atoms with Gasteiger partial charge >= 0.3 is 5.56 Å². The van der Waals surface area contributed by atoms with Crippen LogP contribution >= 0.6 is 11.8 Å². The number of carbonyl (C=O) groups is 1. The van der Waals surface area contributed by atoms with Gasteiger partial charge in [-0.25, -0.2) is 4.98 Å². The third-order valence-corrected chi connectivity index (χ3v) is 6.10. The van der Waals surface area contributed by atoms with Gasteiger partial charge in [0.25, 0.3) is 0 Å². The van der Waals surface area contributed by atoms with Gasteiger partial charge in [-0.3, -0.25) is 14.2 Å². The summed E-state index contributed by atoms with van der Waals surface area (Å²) in [5.74, 6) is 0.611. The zero-order chi connectivity index (χ0) is 23.5. The number of ether oxygens (including phenoxy) is 1. The number of thioether (sulfide) groups is 1. The molecule has 0 aliphatic rings. The van der Waals surface area contributed by atoms with Gasteiger partial charge in [-0.1, -0.05) is 42.1 Å². The lowest BCUT2D eigenvalue weighted by atomic mass is 10.2. The van der Waals surface area contributed by atoms with E-state index in [0.29, 0.717) is 34.2 Å². The maximum absolute atomic E-state index is 13.4. The molecule has 34 heavy (non-hydrogen) atoms. The Morgan fingerprint density at radius 1 is 1.03 bits per heavy atom. The Balaban J connectivity index is 1.47. The second kappa shape index (κ2) is 9.44. The van der Waals surface area contributed by atoms with E-state index in [0.717, 1.165) is 11.1 Å². The van der Waals surface area contributed by atoms with Crippen LogP contribution in [0.1, 0.15) is 6.92 Å². The number of benzene rings is 3. The number of furan rings is 1. The summed E-state index contributed by atoms with van der Waals surface area (Å²) >= 11 is 1.19. The molecule has 0 unspecified atom stereocenters. The largest absolute Gasteiger partial charge is 0.494 e. The predicted octanol–water partition coefficient (Wildman–Crippen LogP) is 5.26. The first-order chi connectivity index (χ1) is 16.6. The van der Waals surface area contributed by atoms with Crippen molar-refractivity contribution >= 4 is 45.4 Å². The highest BCUT2D eigenvalue weighted by molar-refractivity contribution is 7.99. The van der Waals surface area contributed by atoms with E-state index < -0.39 is 0 Å². The molecule has 1 N–H and O–H groups in total. The van der Waals surface area contributed by atoms with E-state index in [2.05, 4.69) is 5.32 Å². The average Bonchev–Trinajstić information content (AvgIpc) is 3.24. The Morgan fingerprint density at radius 2 is 1.76 bits per heavy atom. The quantitative estimate of drug-likeness (QED) is 0.257. The molecular weight excluding hydrogens is 450 g/mol. The van der Waals surface area contributed by atoms with Crippen LogP contribution in [0.4, 0.5) is 5.69 Å². The van der Waals surface area contributed by atoms with Crippen LogP contribution in [0.3, 0.4) is 0 Å². The second-order valence-electron chi connectivity index (χ2n) is 7.44. The molecule has 7 nitrogen and oxygen atoms in total. The molecule has 1 amide bonds. The number of carbonyl (C=O) groups excluding carboxylic acids is 1. The SMILES string of the molecule is CCOc1ccc(NC(=O)CSc2nc3c(oc4ccccc43)c(=O)n2-c2ccccc2)cc1. The first-order valence-corrected chi connectivity index (χ1v) is 11.8. The molecule has 0 aliphatic carbocycles. The zero-order valence-corrected chi connectivity index (χ0v) is 19.2. The molecule has 0 bridgehead atoms. The van der Waals surface area contributed by atoms with E-state index in [9.17, 15) is 9.59 Å². The van der Waals surface area contributed by atoms with E-state index in [1.54, 1.807) is 30.3 Å². The molecule has 3 aromatic carbocycles. The molecule has 0 spiro atoms. The number of rotatable bonds is 7. The second-order valence-corrected chi connectivity index (χ2v) is 8.38. The van der Waals surface area contributed by atoms with Crippen molar-refractivity contribution in [1.29, 1.82) is 0 Å². The first kappa shape index (κ1) is 21.8. The van der Waals surface area contributed by atoms with Gasteiger partial charge in [0.15, 0.2) is 5.16 Å². The Labute approximate surface area is 199 Å². The Bertz CT molecular complexity index is 1530. The smallest absolute Gasteiger partial charge is 0.302 e. The Hall–Kier alpha value is -4.04. The summed E-state index contributed by atoms with van der Waals surface area (Å²) in [6.45, 7) is 2.49. The van der Waals surface area contributed by atoms with Crippen molar-refractivity contribution in [1.82, 2.24) is 9.55 Å². The minimum Gasteiger partial charge on any atom is -0.494 e. The van der Waals surface area contributed by atoms with E-state index in [-0.39, 0.29) is 22.8 Å². The first-order valence-electron chi connectivity index (χ1n) is 10.8. The van der Waals surface area contributed by atoms with Gasteiger partial charge in [0.05, 0.1) is 18.0 Å². The van der Waals surface area contributed by atoms with Crippen molar-refractivity contribution in [3.05, 3.63) is 89.2 Å². The molecule has 5 rings (SSSR count). The molecule has 2 aromatic heterocycles. The van der Waals surface area contributed by atoms with Crippen LogP contribution in [-0.2, 0) is 4.79 Å². The summed E-state index contributed by atoms with van der Waals surface area (Å²) in [5, 5.41) is 4.04. The average molecular weight is 472 g/mol. The van der Waals surface area contributed by atoms with Crippen molar-refractivity contribution in [2.75, 3.05) is 17.7 Å². The maximum atomic E-state index is 13.4. The molecule has 0 radical (unpaired) electrons. The minimum absolute atomic E-state index is 0.0772. The van der Waals surface area contributed by atoms with Crippen molar-refractivity contribution in [3.63, 3.8) is 0 Å². The van der Waals surface area contributed by atoms with Crippen molar-refractivity contribution in [3.8, 4) is 11.4 Å². The molecule has 0 aliphatic heterocycles. The summed E-state index contributed by atoms with van der Waals surface area (Å²) in [6.07, 6.45) is 0. The van der Waals surface area contributed by atoms with Crippen LogP contribution in [0.2, 0.25) is 0 Å². The summed E-state index contributed by atoms with van der Waals surface area (Å²) in [6, 6.07) is 23.8. The summed E-state index contributed by atoms with van der Waals surface area (Å²) < 4.78 is 12.8. The number of hydrogen-bond donors (Lipinski definition) is 1. The highest BCUT2D eigenvalue weighted by Gasteiger charge is 2.19. The van der Waals surface area contributed by atoms with E-state index in [1.807, 2.05) is 55.5 Å².